The van der Waals surface area contributed by atoms with Gasteiger partial charge < -0.3 is 10.2 Å². The average molecular weight is 405 g/mol. The van der Waals surface area contributed by atoms with E-state index in [9.17, 15) is 18.0 Å². The van der Waals surface area contributed by atoms with Crippen molar-refractivity contribution in [2.45, 2.75) is 44.9 Å². The molecule has 0 radical (unpaired) electrons. The quantitative estimate of drug-likeness (QED) is 0.535. The van der Waals surface area contributed by atoms with Gasteiger partial charge in [0.25, 0.3) is 0 Å². The lowest BCUT2D eigenvalue weighted by molar-refractivity contribution is 0.0696. The standard InChI is InChI=1S/C17H25O7PS/c1-4-7-25(8-5-2,9-6-3)24-26(22,23)15-11-13(16(18)19)10-14(12-15)17(20)21/h10-12H,4-9H2,1-3H3,(H-,18,19,20,21)/p+1. The molecule has 1 rings (SSSR count). The lowest BCUT2D eigenvalue weighted by atomic mass is 10.1. The van der Waals surface area contributed by atoms with Gasteiger partial charge in [0.2, 0.25) is 0 Å². The molecule has 2 N–H and O–H groups in total. The Morgan fingerprint density at radius 3 is 1.58 bits per heavy atom. The minimum absolute atomic E-state index is 0.405. The van der Waals surface area contributed by atoms with Crippen LogP contribution in [0.2, 0.25) is 0 Å². The Morgan fingerprint density at radius 1 is 0.885 bits per heavy atom. The molecular formula is C17H26O7PS+. The molecule has 0 heterocycles. The Kier molecular flexibility index (Phi) is 8.18. The summed E-state index contributed by atoms with van der Waals surface area (Å²) in [5, 5.41) is 18.3. The van der Waals surface area contributed by atoms with Crippen LogP contribution in [0, 0.1) is 0 Å². The van der Waals surface area contributed by atoms with Gasteiger partial charge in [-0.1, -0.05) is 20.8 Å². The Balaban J connectivity index is 3.42. The number of carboxylic acids is 2. The maximum atomic E-state index is 12.8. The van der Waals surface area contributed by atoms with Crippen LogP contribution in [0.5, 0.6) is 0 Å². The Bertz CT molecular complexity index is 709. The van der Waals surface area contributed by atoms with Gasteiger partial charge in [-0.05, 0) is 37.5 Å². The van der Waals surface area contributed by atoms with Crippen molar-refractivity contribution in [1.29, 1.82) is 0 Å². The fraction of sp³-hybridized carbons (Fsp3) is 0.529. The molecule has 9 heteroatoms. The largest absolute Gasteiger partial charge is 0.478 e. The van der Waals surface area contributed by atoms with E-state index in [0.717, 1.165) is 37.5 Å². The molecule has 7 nitrogen and oxygen atoms in total. The Labute approximate surface area is 154 Å². The van der Waals surface area contributed by atoms with Crippen molar-refractivity contribution >= 4 is 29.5 Å². The summed E-state index contributed by atoms with van der Waals surface area (Å²) in [6.45, 7) is 5.89. The summed E-state index contributed by atoms with van der Waals surface area (Å²) in [6, 6.07) is 2.82. The Hall–Kier alpha value is -1.50. The zero-order valence-electron chi connectivity index (χ0n) is 15.3. The summed E-state index contributed by atoms with van der Waals surface area (Å²) in [4.78, 5) is 22.0. The van der Waals surface area contributed by atoms with Gasteiger partial charge in [0.15, 0.2) is 7.49 Å². The molecule has 0 aliphatic carbocycles. The molecule has 0 spiro atoms. The maximum Gasteiger partial charge on any atom is 0.335 e. The summed E-state index contributed by atoms with van der Waals surface area (Å²) < 4.78 is 31.4. The lowest BCUT2D eigenvalue weighted by Gasteiger charge is -2.24. The van der Waals surface area contributed by atoms with Crippen LogP contribution in [-0.4, -0.2) is 49.1 Å². The van der Waals surface area contributed by atoms with Crippen LogP contribution >= 0.6 is 7.49 Å². The second kappa shape index (κ2) is 9.44. The van der Waals surface area contributed by atoms with E-state index < -0.39 is 45.6 Å². The average Bonchev–Trinajstić information content (AvgIpc) is 2.54. The van der Waals surface area contributed by atoms with Gasteiger partial charge in [0.1, 0.15) is 0 Å². The van der Waals surface area contributed by atoms with E-state index >= 15 is 0 Å². The molecule has 0 bridgehead atoms. The highest BCUT2D eigenvalue weighted by Crippen LogP contribution is 2.63. The second-order valence-corrected chi connectivity index (χ2v) is 11.5. The number of carbonyl (C=O) groups is 2. The minimum Gasteiger partial charge on any atom is -0.478 e. The van der Waals surface area contributed by atoms with Crippen molar-refractivity contribution < 1.29 is 32.2 Å². The zero-order valence-corrected chi connectivity index (χ0v) is 17.0. The van der Waals surface area contributed by atoms with Crippen LogP contribution in [0.4, 0.5) is 0 Å². The van der Waals surface area contributed by atoms with Crippen molar-refractivity contribution in [2.75, 3.05) is 18.5 Å². The zero-order chi connectivity index (χ0) is 20.0. The van der Waals surface area contributed by atoms with Crippen LogP contribution in [0.15, 0.2) is 23.1 Å². The van der Waals surface area contributed by atoms with E-state index in [1.54, 1.807) is 0 Å². The molecule has 0 aliphatic rings. The number of aromatic carboxylic acids is 2. The van der Waals surface area contributed by atoms with Crippen LogP contribution in [0.3, 0.4) is 0 Å². The molecule has 0 fully saturated rings. The first-order valence-corrected chi connectivity index (χ1v) is 12.2. The highest BCUT2D eigenvalue weighted by molar-refractivity contribution is 7.94. The molecule has 1 aromatic carbocycles. The molecule has 1 aromatic rings. The molecule has 26 heavy (non-hydrogen) atoms. The predicted molar refractivity (Wildman–Crippen MR) is 101 cm³/mol. The molecular weight excluding hydrogens is 379 g/mol. The number of hydrogen-bond acceptors (Lipinski definition) is 5. The van der Waals surface area contributed by atoms with Crippen LogP contribution in [0.25, 0.3) is 0 Å². The van der Waals surface area contributed by atoms with Crippen molar-refractivity contribution in [1.82, 2.24) is 0 Å². The highest BCUT2D eigenvalue weighted by Gasteiger charge is 2.43. The molecule has 0 amide bonds. The van der Waals surface area contributed by atoms with E-state index in [4.69, 9.17) is 14.2 Å². The number of carboxylic acid groups (broad SMARTS) is 2. The van der Waals surface area contributed by atoms with Crippen molar-refractivity contribution in [3.05, 3.63) is 29.3 Å². The molecule has 0 saturated heterocycles. The molecule has 0 atom stereocenters. The predicted octanol–water partition coefficient (Wildman–Crippen LogP) is 3.95. The summed E-state index contributed by atoms with van der Waals surface area (Å²) in [7, 11) is -6.52. The van der Waals surface area contributed by atoms with E-state index in [2.05, 4.69) is 0 Å². The van der Waals surface area contributed by atoms with Gasteiger partial charge in [0.05, 0.1) is 34.5 Å². The minimum atomic E-state index is -4.27. The monoisotopic (exact) mass is 405 g/mol. The maximum absolute atomic E-state index is 12.8. The smallest absolute Gasteiger partial charge is 0.335 e. The van der Waals surface area contributed by atoms with Gasteiger partial charge in [-0.3, -0.25) is 0 Å². The molecule has 0 aromatic heterocycles. The van der Waals surface area contributed by atoms with E-state index in [0.29, 0.717) is 18.5 Å². The van der Waals surface area contributed by atoms with Crippen LogP contribution < -0.4 is 0 Å². The first-order valence-electron chi connectivity index (χ1n) is 8.54. The van der Waals surface area contributed by atoms with Crippen LogP contribution in [0.1, 0.15) is 60.7 Å². The SMILES string of the molecule is CCC[P+](CCC)(CCC)OS(=O)(=O)c1cc(C(=O)O)cc(C(=O)O)c1. The van der Waals surface area contributed by atoms with E-state index in [-0.39, 0.29) is 0 Å². The van der Waals surface area contributed by atoms with Crippen molar-refractivity contribution in [3.8, 4) is 0 Å². The third kappa shape index (κ3) is 5.76. The van der Waals surface area contributed by atoms with Crippen molar-refractivity contribution in [3.63, 3.8) is 0 Å². The van der Waals surface area contributed by atoms with Crippen molar-refractivity contribution in [2.24, 2.45) is 0 Å². The van der Waals surface area contributed by atoms with Gasteiger partial charge in [-0.15, -0.1) is 3.97 Å². The van der Waals surface area contributed by atoms with E-state index in [1.807, 2.05) is 20.8 Å². The normalized spacial score (nSPS) is 12.1. The topological polar surface area (TPSA) is 118 Å². The van der Waals surface area contributed by atoms with Crippen LogP contribution in [-0.2, 0) is 14.1 Å². The number of benzene rings is 1. The second-order valence-electron chi connectivity index (χ2n) is 6.11. The summed E-state index contributed by atoms with van der Waals surface area (Å²) in [5.41, 5.74) is -0.810. The lowest BCUT2D eigenvalue weighted by Crippen LogP contribution is -2.17. The summed E-state index contributed by atoms with van der Waals surface area (Å²) in [6.07, 6.45) is 4.28. The summed E-state index contributed by atoms with van der Waals surface area (Å²) in [5.74, 6) is -2.80. The molecule has 146 valence electrons. The number of rotatable bonds is 11. The molecule has 0 unspecified atom stereocenters. The Morgan fingerprint density at radius 2 is 1.27 bits per heavy atom. The van der Waals surface area contributed by atoms with Gasteiger partial charge >= 0.3 is 22.1 Å². The fourth-order valence-electron chi connectivity index (χ4n) is 2.91. The first kappa shape index (κ1) is 22.5. The van der Waals surface area contributed by atoms with Gasteiger partial charge in [-0.2, -0.15) is 8.42 Å². The van der Waals surface area contributed by atoms with E-state index in [1.165, 1.54) is 0 Å². The van der Waals surface area contributed by atoms with Gasteiger partial charge in [-0.25, -0.2) is 9.59 Å². The molecule has 0 aliphatic heterocycles. The summed E-state index contributed by atoms with van der Waals surface area (Å²) >= 11 is 0. The third-order valence-corrected chi connectivity index (χ3v) is 10.5. The fourth-order valence-corrected chi connectivity index (χ4v) is 9.47. The third-order valence-electron chi connectivity index (χ3n) is 3.84. The number of hydrogen-bond donors (Lipinski definition) is 2. The molecule has 0 saturated carbocycles. The first-order chi connectivity index (χ1) is 12.1. The highest BCUT2D eigenvalue weighted by atomic mass is 32.2. The van der Waals surface area contributed by atoms with Gasteiger partial charge in [0, 0.05) is 0 Å².